The number of nitrogens with one attached hydrogen (secondary N) is 1. The van der Waals surface area contributed by atoms with Crippen LogP contribution in [0.4, 0.5) is 0 Å². The van der Waals surface area contributed by atoms with Crippen molar-refractivity contribution < 1.29 is 0 Å². The highest BCUT2D eigenvalue weighted by atomic mass is 15.3. The van der Waals surface area contributed by atoms with Crippen LogP contribution in [0.2, 0.25) is 0 Å². The van der Waals surface area contributed by atoms with Gasteiger partial charge in [0.15, 0.2) is 5.96 Å². The van der Waals surface area contributed by atoms with Crippen molar-refractivity contribution in [1.29, 1.82) is 5.41 Å². The summed E-state index contributed by atoms with van der Waals surface area (Å²) in [6, 6.07) is 0. The molecule has 0 aromatic heterocycles. The largest absolute Gasteiger partial charge is 0.370 e. The summed E-state index contributed by atoms with van der Waals surface area (Å²) in [5.41, 5.74) is 5.38. The van der Waals surface area contributed by atoms with Gasteiger partial charge in [-0.1, -0.05) is 6.92 Å². The maximum absolute atomic E-state index is 7.24. The molecule has 4 nitrogen and oxygen atoms in total. The lowest BCUT2D eigenvalue weighted by atomic mass is 10.3. The van der Waals surface area contributed by atoms with Crippen LogP contribution in [0, 0.1) is 5.41 Å². The molecule has 0 aromatic carbocycles. The molecule has 1 aliphatic rings. The van der Waals surface area contributed by atoms with Crippen molar-refractivity contribution in [2.45, 2.75) is 13.3 Å². The Morgan fingerprint density at radius 3 is 2.33 bits per heavy atom. The number of nitrogens with two attached hydrogens (primary N) is 1. The van der Waals surface area contributed by atoms with Crippen molar-refractivity contribution in [1.82, 2.24) is 9.80 Å². The van der Waals surface area contributed by atoms with E-state index in [2.05, 4.69) is 11.8 Å². The van der Waals surface area contributed by atoms with E-state index in [-0.39, 0.29) is 5.96 Å². The molecule has 1 fully saturated rings. The zero-order valence-electron chi connectivity index (χ0n) is 7.71. The average Bonchev–Trinajstić information content (AvgIpc) is 2.06. The van der Waals surface area contributed by atoms with E-state index in [4.69, 9.17) is 11.1 Å². The summed E-state index contributed by atoms with van der Waals surface area (Å²) in [6.07, 6.45) is 1.21. The van der Waals surface area contributed by atoms with Gasteiger partial charge in [-0.3, -0.25) is 10.3 Å². The number of piperazine rings is 1. The third kappa shape index (κ3) is 2.37. The lowest BCUT2D eigenvalue weighted by Gasteiger charge is -2.34. The maximum atomic E-state index is 7.24. The Hall–Kier alpha value is -0.770. The molecule has 0 aliphatic carbocycles. The van der Waals surface area contributed by atoms with Gasteiger partial charge in [-0.2, -0.15) is 0 Å². The zero-order valence-corrected chi connectivity index (χ0v) is 7.71. The number of hydrogen-bond donors (Lipinski definition) is 2. The van der Waals surface area contributed by atoms with E-state index in [1.54, 1.807) is 0 Å². The Bertz CT molecular complexity index is 149. The predicted molar refractivity (Wildman–Crippen MR) is 50.2 cm³/mol. The van der Waals surface area contributed by atoms with Gasteiger partial charge in [0.25, 0.3) is 0 Å². The monoisotopic (exact) mass is 170 g/mol. The van der Waals surface area contributed by atoms with Gasteiger partial charge in [0.05, 0.1) is 0 Å². The Labute approximate surface area is 73.8 Å². The minimum atomic E-state index is 0.214. The number of guanidine groups is 1. The Kier molecular flexibility index (Phi) is 3.34. The molecule has 70 valence electrons. The van der Waals surface area contributed by atoms with Gasteiger partial charge in [0.2, 0.25) is 0 Å². The minimum absolute atomic E-state index is 0.214. The molecule has 12 heavy (non-hydrogen) atoms. The van der Waals surface area contributed by atoms with Crippen LogP contribution in [0.5, 0.6) is 0 Å². The molecule has 1 aliphatic heterocycles. The Morgan fingerprint density at radius 2 is 1.92 bits per heavy atom. The van der Waals surface area contributed by atoms with Gasteiger partial charge in [0.1, 0.15) is 0 Å². The summed E-state index contributed by atoms with van der Waals surface area (Å²) in [7, 11) is 0. The van der Waals surface area contributed by atoms with Crippen LogP contribution in [-0.2, 0) is 0 Å². The summed E-state index contributed by atoms with van der Waals surface area (Å²) in [4.78, 5) is 4.34. The van der Waals surface area contributed by atoms with Crippen molar-refractivity contribution in [3.63, 3.8) is 0 Å². The maximum Gasteiger partial charge on any atom is 0.188 e. The van der Waals surface area contributed by atoms with E-state index in [1.165, 1.54) is 13.0 Å². The SMILES string of the molecule is CCCN1CCN(C(=N)N)CC1. The molecular weight excluding hydrogens is 152 g/mol. The van der Waals surface area contributed by atoms with Crippen LogP contribution >= 0.6 is 0 Å². The second-order valence-electron chi connectivity index (χ2n) is 3.21. The zero-order chi connectivity index (χ0) is 8.97. The van der Waals surface area contributed by atoms with E-state index in [0.29, 0.717) is 0 Å². The van der Waals surface area contributed by atoms with Crippen molar-refractivity contribution in [2.75, 3.05) is 32.7 Å². The molecule has 4 heteroatoms. The minimum Gasteiger partial charge on any atom is -0.370 e. The van der Waals surface area contributed by atoms with Gasteiger partial charge < -0.3 is 10.6 Å². The quantitative estimate of drug-likeness (QED) is 0.450. The van der Waals surface area contributed by atoms with E-state index < -0.39 is 0 Å². The van der Waals surface area contributed by atoms with Crippen LogP contribution in [0.3, 0.4) is 0 Å². The summed E-state index contributed by atoms with van der Waals surface area (Å²) >= 11 is 0. The Morgan fingerprint density at radius 1 is 1.33 bits per heavy atom. The highest BCUT2D eigenvalue weighted by molar-refractivity contribution is 5.74. The van der Waals surface area contributed by atoms with Gasteiger partial charge in [-0.15, -0.1) is 0 Å². The molecular formula is C8H18N4. The molecule has 3 N–H and O–H groups in total. The number of rotatable bonds is 2. The molecule has 0 saturated carbocycles. The first-order chi connectivity index (χ1) is 5.74. The molecule has 1 rings (SSSR count). The standard InChI is InChI=1S/C8H18N4/c1-2-3-11-4-6-12(7-5-11)8(9)10/h2-7H2,1H3,(H3,9,10). The molecule has 1 heterocycles. The first-order valence-electron chi connectivity index (χ1n) is 4.55. The molecule has 0 spiro atoms. The third-order valence-corrected chi connectivity index (χ3v) is 2.25. The molecule has 0 radical (unpaired) electrons. The predicted octanol–water partition coefficient (Wildman–Crippen LogP) is -0.0925. The highest BCUT2D eigenvalue weighted by Crippen LogP contribution is 2.00. The molecule has 0 aromatic rings. The second-order valence-corrected chi connectivity index (χ2v) is 3.21. The molecule has 0 amide bonds. The van der Waals surface area contributed by atoms with Crippen LogP contribution in [0.15, 0.2) is 0 Å². The summed E-state index contributed by atoms with van der Waals surface area (Å²) in [6.45, 7) is 7.29. The Balaban J connectivity index is 2.25. The average molecular weight is 170 g/mol. The second kappa shape index (κ2) is 4.30. The summed E-state index contributed by atoms with van der Waals surface area (Å²) < 4.78 is 0. The van der Waals surface area contributed by atoms with E-state index in [9.17, 15) is 0 Å². The summed E-state index contributed by atoms with van der Waals surface area (Å²) in [5.74, 6) is 0.214. The molecule has 0 atom stereocenters. The fourth-order valence-corrected chi connectivity index (χ4v) is 1.53. The van der Waals surface area contributed by atoms with Crippen molar-refractivity contribution in [3.8, 4) is 0 Å². The van der Waals surface area contributed by atoms with Gasteiger partial charge >= 0.3 is 0 Å². The normalized spacial score (nSPS) is 19.6. The van der Waals surface area contributed by atoms with Gasteiger partial charge in [0, 0.05) is 26.2 Å². The molecule has 0 unspecified atom stereocenters. The smallest absolute Gasteiger partial charge is 0.188 e. The van der Waals surface area contributed by atoms with Crippen molar-refractivity contribution in [3.05, 3.63) is 0 Å². The highest BCUT2D eigenvalue weighted by Gasteiger charge is 2.15. The van der Waals surface area contributed by atoms with Crippen molar-refractivity contribution >= 4 is 5.96 Å². The first-order valence-corrected chi connectivity index (χ1v) is 4.55. The number of hydrogen-bond acceptors (Lipinski definition) is 2. The first kappa shape index (κ1) is 9.32. The summed E-state index contributed by atoms with van der Waals surface area (Å²) in [5, 5.41) is 7.24. The van der Waals surface area contributed by atoms with Gasteiger partial charge in [-0.05, 0) is 13.0 Å². The van der Waals surface area contributed by atoms with E-state index >= 15 is 0 Å². The third-order valence-electron chi connectivity index (χ3n) is 2.25. The van der Waals surface area contributed by atoms with E-state index in [1.807, 2.05) is 4.90 Å². The molecule has 1 saturated heterocycles. The lowest BCUT2D eigenvalue weighted by molar-refractivity contribution is 0.181. The molecule has 0 bridgehead atoms. The van der Waals surface area contributed by atoms with Gasteiger partial charge in [-0.25, -0.2) is 0 Å². The van der Waals surface area contributed by atoms with Crippen LogP contribution < -0.4 is 5.73 Å². The van der Waals surface area contributed by atoms with Crippen LogP contribution in [-0.4, -0.2) is 48.5 Å². The fraction of sp³-hybridized carbons (Fsp3) is 0.875. The van der Waals surface area contributed by atoms with Crippen molar-refractivity contribution in [2.24, 2.45) is 5.73 Å². The lowest BCUT2D eigenvalue weighted by Crippen LogP contribution is -2.50. The topological polar surface area (TPSA) is 56.4 Å². The van der Waals surface area contributed by atoms with Crippen LogP contribution in [0.25, 0.3) is 0 Å². The van der Waals surface area contributed by atoms with Crippen LogP contribution in [0.1, 0.15) is 13.3 Å². The fourth-order valence-electron chi connectivity index (χ4n) is 1.53. The van der Waals surface area contributed by atoms with E-state index in [0.717, 1.165) is 26.2 Å². The number of nitrogens with zero attached hydrogens (tertiary/aromatic N) is 2.